The van der Waals surface area contributed by atoms with Gasteiger partial charge in [0.25, 0.3) is 0 Å². The van der Waals surface area contributed by atoms with Gasteiger partial charge in [-0.2, -0.15) is 0 Å². The average Bonchev–Trinajstić information content (AvgIpc) is 2.63. The van der Waals surface area contributed by atoms with E-state index in [-0.39, 0.29) is 5.91 Å². The highest BCUT2D eigenvalue weighted by atomic mass is 16.2. The van der Waals surface area contributed by atoms with Gasteiger partial charge in [-0.1, -0.05) is 0 Å². The van der Waals surface area contributed by atoms with Crippen molar-refractivity contribution in [2.24, 2.45) is 7.05 Å². The summed E-state index contributed by atoms with van der Waals surface area (Å²) in [4.78, 5) is 14.4. The highest BCUT2D eigenvalue weighted by Crippen LogP contribution is 2.23. The summed E-state index contributed by atoms with van der Waals surface area (Å²) in [6.45, 7) is 4.33. The van der Waals surface area contributed by atoms with Crippen LogP contribution in [0.3, 0.4) is 0 Å². The van der Waals surface area contributed by atoms with Gasteiger partial charge in [-0.25, -0.2) is 0 Å². The number of hydrogen-bond donors (Lipinski definition) is 0. The molecule has 1 aliphatic heterocycles. The Hall–Kier alpha value is -1.25. The molecular formula is C14H22N2O. The van der Waals surface area contributed by atoms with E-state index in [2.05, 4.69) is 18.7 Å². The molecule has 1 aliphatic rings. The molecule has 2 atom stereocenters. The molecule has 1 aromatic heterocycles. The Balaban J connectivity index is 2.03. The summed E-state index contributed by atoms with van der Waals surface area (Å²) >= 11 is 0. The van der Waals surface area contributed by atoms with E-state index in [1.165, 1.54) is 6.42 Å². The third kappa shape index (κ3) is 2.71. The number of aromatic nitrogens is 1. The first-order chi connectivity index (χ1) is 8.08. The van der Waals surface area contributed by atoms with E-state index in [1.807, 2.05) is 30.1 Å². The van der Waals surface area contributed by atoms with E-state index in [0.29, 0.717) is 18.5 Å². The van der Waals surface area contributed by atoms with Crippen molar-refractivity contribution in [3.8, 4) is 0 Å². The summed E-state index contributed by atoms with van der Waals surface area (Å²) in [6, 6.07) is 2.82. The molecule has 0 aromatic carbocycles. The second-order valence-electron chi connectivity index (χ2n) is 5.29. The summed E-state index contributed by atoms with van der Waals surface area (Å²) in [6.07, 6.45) is 8.09. The molecule has 0 spiro atoms. The Morgan fingerprint density at radius 3 is 2.53 bits per heavy atom. The Morgan fingerprint density at radius 2 is 2.00 bits per heavy atom. The van der Waals surface area contributed by atoms with E-state index in [1.54, 1.807) is 0 Å². The van der Waals surface area contributed by atoms with Crippen LogP contribution in [-0.2, 0) is 18.3 Å². The molecule has 3 nitrogen and oxygen atoms in total. The van der Waals surface area contributed by atoms with Crippen molar-refractivity contribution in [1.82, 2.24) is 9.47 Å². The van der Waals surface area contributed by atoms with Gasteiger partial charge < -0.3 is 9.47 Å². The van der Waals surface area contributed by atoms with Crippen LogP contribution in [0.25, 0.3) is 0 Å². The van der Waals surface area contributed by atoms with Gasteiger partial charge in [-0.15, -0.1) is 0 Å². The maximum Gasteiger partial charge on any atom is 0.227 e. The largest absolute Gasteiger partial charge is 0.357 e. The lowest BCUT2D eigenvalue weighted by Crippen LogP contribution is -2.48. The maximum absolute atomic E-state index is 12.3. The number of likely N-dealkylation sites (tertiary alicyclic amines) is 1. The van der Waals surface area contributed by atoms with Gasteiger partial charge in [-0.3, -0.25) is 4.79 Å². The van der Waals surface area contributed by atoms with Crippen LogP contribution in [0.4, 0.5) is 0 Å². The number of piperidine rings is 1. The standard InChI is InChI=1S/C14H22N2O/c1-11-5-4-6-12(2)16(11)14(17)9-13-7-8-15(3)10-13/h7-8,10-12H,4-6,9H2,1-3H3. The lowest BCUT2D eigenvalue weighted by atomic mass is 9.97. The predicted octanol–water partition coefficient (Wildman–Crippen LogP) is 2.36. The molecule has 0 N–H and O–H groups in total. The Morgan fingerprint density at radius 1 is 1.35 bits per heavy atom. The summed E-state index contributed by atoms with van der Waals surface area (Å²) in [5.74, 6) is 0.274. The quantitative estimate of drug-likeness (QED) is 0.771. The first kappa shape index (κ1) is 12.2. The van der Waals surface area contributed by atoms with Gasteiger partial charge in [0.2, 0.25) is 5.91 Å². The molecule has 1 fully saturated rings. The molecule has 2 rings (SSSR count). The molecule has 0 bridgehead atoms. The van der Waals surface area contributed by atoms with Crippen LogP contribution in [0, 0.1) is 0 Å². The first-order valence-corrected chi connectivity index (χ1v) is 6.50. The molecule has 1 aromatic rings. The van der Waals surface area contributed by atoms with E-state index < -0.39 is 0 Å². The summed E-state index contributed by atoms with van der Waals surface area (Å²) in [5.41, 5.74) is 1.11. The Labute approximate surface area is 103 Å². The number of amides is 1. The maximum atomic E-state index is 12.3. The zero-order valence-corrected chi connectivity index (χ0v) is 11.0. The topological polar surface area (TPSA) is 25.2 Å². The fourth-order valence-corrected chi connectivity index (χ4v) is 2.84. The van der Waals surface area contributed by atoms with Crippen molar-refractivity contribution in [2.45, 2.75) is 51.6 Å². The van der Waals surface area contributed by atoms with Gasteiger partial charge >= 0.3 is 0 Å². The van der Waals surface area contributed by atoms with Gasteiger partial charge in [0, 0.05) is 31.5 Å². The lowest BCUT2D eigenvalue weighted by Gasteiger charge is -2.39. The van der Waals surface area contributed by atoms with Crippen LogP contribution in [0.1, 0.15) is 38.7 Å². The number of rotatable bonds is 2. The third-order valence-electron chi connectivity index (χ3n) is 3.73. The average molecular weight is 234 g/mol. The minimum absolute atomic E-state index is 0.274. The zero-order valence-electron chi connectivity index (χ0n) is 11.0. The first-order valence-electron chi connectivity index (χ1n) is 6.50. The number of nitrogens with zero attached hydrogens (tertiary/aromatic N) is 2. The fourth-order valence-electron chi connectivity index (χ4n) is 2.84. The SMILES string of the molecule is CC1CCCC(C)N1C(=O)Cc1ccn(C)c1. The van der Waals surface area contributed by atoms with Crippen molar-refractivity contribution < 1.29 is 4.79 Å². The van der Waals surface area contributed by atoms with E-state index in [0.717, 1.165) is 18.4 Å². The fraction of sp³-hybridized carbons (Fsp3) is 0.643. The molecule has 0 aliphatic carbocycles. The van der Waals surface area contributed by atoms with Gasteiger partial charge in [-0.05, 0) is 44.7 Å². The molecule has 2 unspecified atom stereocenters. The van der Waals surface area contributed by atoms with Crippen molar-refractivity contribution in [3.63, 3.8) is 0 Å². The minimum Gasteiger partial charge on any atom is -0.357 e. The van der Waals surface area contributed by atoms with E-state index in [9.17, 15) is 4.79 Å². The molecule has 0 radical (unpaired) electrons. The van der Waals surface area contributed by atoms with Crippen LogP contribution >= 0.6 is 0 Å². The second-order valence-corrected chi connectivity index (χ2v) is 5.29. The third-order valence-corrected chi connectivity index (χ3v) is 3.73. The van der Waals surface area contributed by atoms with E-state index in [4.69, 9.17) is 0 Å². The highest BCUT2D eigenvalue weighted by Gasteiger charge is 2.28. The van der Waals surface area contributed by atoms with Gasteiger partial charge in [0.1, 0.15) is 0 Å². The lowest BCUT2D eigenvalue weighted by molar-refractivity contribution is -0.136. The smallest absolute Gasteiger partial charge is 0.227 e. The number of aryl methyl sites for hydroxylation is 1. The van der Waals surface area contributed by atoms with Crippen LogP contribution in [0.15, 0.2) is 18.5 Å². The van der Waals surface area contributed by atoms with Crippen molar-refractivity contribution in [1.29, 1.82) is 0 Å². The van der Waals surface area contributed by atoms with Crippen LogP contribution in [0.2, 0.25) is 0 Å². The monoisotopic (exact) mass is 234 g/mol. The summed E-state index contributed by atoms with van der Waals surface area (Å²) < 4.78 is 1.99. The summed E-state index contributed by atoms with van der Waals surface area (Å²) in [5, 5.41) is 0. The molecule has 94 valence electrons. The number of carbonyl (C=O) groups is 1. The van der Waals surface area contributed by atoms with Crippen LogP contribution in [0.5, 0.6) is 0 Å². The Bertz CT molecular complexity index is 387. The highest BCUT2D eigenvalue weighted by molar-refractivity contribution is 5.79. The molecule has 2 heterocycles. The van der Waals surface area contributed by atoms with Crippen molar-refractivity contribution in [2.75, 3.05) is 0 Å². The van der Waals surface area contributed by atoms with Crippen LogP contribution in [-0.4, -0.2) is 27.5 Å². The van der Waals surface area contributed by atoms with Crippen molar-refractivity contribution >= 4 is 5.91 Å². The molecular weight excluding hydrogens is 212 g/mol. The molecule has 1 amide bonds. The zero-order chi connectivity index (χ0) is 12.4. The number of carbonyl (C=O) groups excluding carboxylic acids is 1. The second kappa shape index (κ2) is 4.94. The minimum atomic E-state index is 0.274. The summed E-state index contributed by atoms with van der Waals surface area (Å²) in [7, 11) is 1.99. The van der Waals surface area contributed by atoms with Crippen molar-refractivity contribution in [3.05, 3.63) is 24.0 Å². The molecule has 0 saturated carbocycles. The number of hydrogen-bond acceptors (Lipinski definition) is 1. The van der Waals surface area contributed by atoms with Crippen LogP contribution < -0.4 is 0 Å². The molecule has 1 saturated heterocycles. The normalized spacial score (nSPS) is 25.0. The van der Waals surface area contributed by atoms with E-state index >= 15 is 0 Å². The van der Waals surface area contributed by atoms with Gasteiger partial charge in [0.05, 0.1) is 6.42 Å². The van der Waals surface area contributed by atoms with Gasteiger partial charge in [0.15, 0.2) is 0 Å². The molecule has 17 heavy (non-hydrogen) atoms. The Kier molecular flexibility index (Phi) is 3.55. The molecule has 3 heteroatoms. The predicted molar refractivity (Wildman–Crippen MR) is 68.7 cm³/mol.